The molecule has 0 bridgehead atoms. The number of hydrogen-bond donors (Lipinski definition) is 0. The average molecular weight is 628 g/mol. The van der Waals surface area contributed by atoms with Gasteiger partial charge in [-0.05, 0) is 0 Å². The summed E-state index contributed by atoms with van der Waals surface area (Å²) in [5.41, 5.74) is 0. The molecule has 0 fully saturated rings. The molecular formula is CeLaO8P2Tb. The second-order valence-corrected chi connectivity index (χ2v) is 2.68. The van der Waals surface area contributed by atoms with Crippen molar-refractivity contribution in [2.24, 2.45) is 0 Å². The van der Waals surface area contributed by atoms with Gasteiger partial charge in [0.05, 0.1) is 0 Å². The molecule has 74 valence electrons. The summed E-state index contributed by atoms with van der Waals surface area (Å²) in [7, 11) is -10.8. The first-order chi connectivity index (χ1) is 4.00. The van der Waals surface area contributed by atoms with E-state index in [1.54, 1.807) is 0 Å². The molecule has 0 aliphatic carbocycles. The molecule has 0 spiro atoms. The summed E-state index contributed by atoms with van der Waals surface area (Å²) in [6.07, 6.45) is 0. The fourth-order valence-corrected chi connectivity index (χ4v) is 0. The van der Waals surface area contributed by atoms with Gasteiger partial charge >= 0.3 is 74.2 Å². The fraction of sp³-hybridized carbons (Fsp3) is 0. The quantitative estimate of drug-likeness (QED) is 0.239. The van der Waals surface area contributed by atoms with Crippen LogP contribution in [0.4, 0.5) is 0 Å². The summed E-state index contributed by atoms with van der Waals surface area (Å²) in [4.78, 5) is 51.3. The molecule has 0 saturated carbocycles. The van der Waals surface area contributed by atoms with Crippen molar-refractivity contribution in [1.29, 1.82) is 0 Å². The normalized spacial score (nSPS) is 9.08. The van der Waals surface area contributed by atoms with Crippen LogP contribution in [0.5, 0.6) is 0 Å². The maximum atomic E-state index is 8.55. The van der Waals surface area contributed by atoms with Crippen LogP contribution in [0.3, 0.4) is 0 Å². The van der Waals surface area contributed by atoms with E-state index in [9.17, 15) is 0 Å². The molecule has 0 amide bonds. The van der Waals surface area contributed by atoms with Gasteiger partial charge < -0.3 is 38.5 Å². The van der Waals surface area contributed by atoms with Gasteiger partial charge in [0.15, 0.2) is 0 Å². The van der Waals surface area contributed by atoms with Crippen LogP contribution >= 0.6 is 15.6 Å². The molecule has 0 aromatic carbocycles. The van der Waals surface area contributed by atoms with Crippen molar-refractivity contribution in [1.82, 2.24) is 0 Å². The molecule has 0 aromatic heterocycles. The molecule has 0 heterocycles. The van der Waals surface area contributed by atoms with Gasteiger partial charge in [0.2, 0.25) is 0 Å². The molecular weight excluding hydrogens is 628 g/mol. The summed E-state index contributed by atoms with van der Waals surface area (Å²) >= 11 is 0. The van der Waals surface area contributed by atoms with Gasteiger partial charge in [-0.15, -0.1) is 0 Å². The summed E-state index contributed by atoms with van der Waals surface area (Å²) in [6.45, 7) is 0. The monoisotopic (exact) mass is 628 g/mol. The molecule has 0 rings (SSSR count). The van der Waals surface area contributed by atoms with E-state index in [4.69, 9.17) is 38.5 Å². The zero-order chi connectivity index (χ0) is 9.00. The van der Waals surface area contributed by atoms with Crippen molar-refractivity contribution in [2.75, 3.05) is 0 Å². The Morgan fingerprint density at radius 1 is 0.692 bits per heavy atom. The van der Waals surface area contributed by atoms with E-state index < -0.39 is 15.6 Å². The van der Waals surface area contributed by atoms with Crippen LogP contribution < -0.4 is 29.4 Å². The van der Waals surface area contributed by atoms with Gasteiger partial charge in [-0.25, -0.2) is 0 Å². The van der Waals surface area contributed by atoms with Crippen LogP contribution in [0, 0.1) is 116 Å². The maximum Gasteiger partial charge on any atom is 3.00 e. The van der Waals surface area contributed by atoms with E-state index in [-0.39, 0.29) is 116 Å². The van der Waals surface area contributed by atoms with Gasteiger partial charge in [0, 0.05) is 41.7 Å². The van der Waals surface area contributed by atoms with Gasteiger partial charge in [-0.3, -0.25) is 0 Å². The Kier molecular flexibility index (Phi) is 32.9. The van der Waals surface area contributed by atoms with E-state index in [2.05, 4.69) is 0 Å². The van der Waals surface area contributed by atoms with E-state index in [0.29, 0.717) is 0 Å². The third-order valence-electron chi connectivity index (χ3n) is 0. The zero-order valence-electron chi connectivity index (χ0n) is 5.57. The molecule has 0 atom stereocenters. The van der Waals surface area contributed by atoms with Crippen LogP contribution in [0.25, 0.3) is 0 Å². The Labute approximate surface area is 166 Å². The SMILES string of the molecule is O=P([O-])([O-])[O-].O=P([O-])([O-])[O-].[Ce].[La+3].[Tb+3]. The fourth-order valence-electron chi connectivity index (χ4n) is 0. The standard InChI is InChI=1S/Ce.La.2H3O4P.Tb/c;;2*1-5(2,3)4;/h;;2*(H3,1,2,3,4);/q;+3;;;+3/p-6. The van der Waals surface area contributed by atoms with Crippen molar-refractivity contribution in [3.05, 3.63) is 0 Å². The Bertz CT molecular complexity index is 134. The van der Waals surface area contributed by atoms with E-state index in [0.717, 1.165) is 0 Å². The molecule has 0 aromatic rings. The van der Waals surface area contributed by atoms with E-state index in [1.165, 1.54) is 0 Å². The molecule has 0 aliphatic rings. The predicted molar refractivity (Wildman–Crippen MR) is 15.2 cm³/mol. The Hall–Kier alpha value is 4.08. The van der Waals surface area contributed by atoms with Crippen LogP contribution in [0.1, 0.15) is 0 Å². The van der Waals surface area contributed by atoms with Crippen LogP contribution in [-0.4, -0.2) is 0 Å². The maximum absolute atomic E-state index is 8.55. The van der Waals surface area contributed by atoms with Crippen molar-refractivity contribution in [3.8, 4) is 0 Å². The molecule has 8 nitrogen and oxygen atoms in total. The Morgan fingerprint density at radius 3 is 0.692 bits per heavy atom. The van der Waals surface area contributed by atoms with E-state index >= 15 is 0 Å². The van der Waals surface area contributed by atoms with Crippen molar-refractivity contribution < 1.29 is 154 Å². The smallest absolute Gasteiger partial charge is 0.822 e. The zero-order valence-corrected chi connectivity index (χ0v) is 16.3. The first-order valence-electron chi connectivity index (χ1n) is 1.46. The molecule has 13 heteroatoms. The third-order valence-corrected chi connectivity index (χ3v) is 0. The first kappa shape index (κ1) is 30.3. The van der Waals surface area contributed by atoms with Crippen molar-refractivity contribution in [3.63, 3.8) is 0 Å². The predicted octanol–water partition coefficient (Wildman–Crippen LogP) is -5.65. The summed E-state index contributed by atoms with van der Waals surface area (Å²) < 4.78 is 17.1. The van der Waals surface area contributed by atoms with Crippen LogP contribution in [0.2, 0.25) is 0 Å². The second-order valence-electron chi connectivity index (χ2n) is 0.894. The molecule has 0 saturated heterocycles. The topological polar surface area (TPSA) is 172 Å². The Balaban J connectivity index is -0.0000000267. The molecule has 0 aliphatic heterocycles. The number of phosphoric acid groups is 2. The average Bonchev–Trinajstić information content (AvgIpc) is 1.12. The van der Waals surface area contributed by atoms with Crippen LogP contribution in [0.15, 0.2) is 0 Å². The minimum atomic E-state index is -5.39. The minimum Gasteiger partial charge on any atom is -0.822 e. The number of hydrogen-bond acceptors (Lipinski definition) is 8. The summed E-state index contributed by atoms with van der Waals surface area (Å²) in [5.74, 6) is 0. The van der Waals surface area contributed by atoms with Gasteiger partial charge in [0.1, 0.15) is 0 Å². The third kappa shape index (κ3) is 192. The minimum absolute atomic E-state index is 0. The van der Waals surface area contributed by atoms with Crippen molar-refractivity contribution >= 4 is 15.6 Å². The Morgan fingerprint density at radius 2 is 0.692 bits per heavy atom. The van der Waals surface area contributed by atoms with Gasteiger partial charge in [0.25, 0.3) is 0 Å². The van der Waals surface area contributed by atoms with Gasteiger partial charge in [-0.1, -0.05) is 0 Å². The number of rotatable bonds is 0. The van der Waals surface area contributed by atoms with Gasteiger partial charge in [-0.2, -0.15) is 15.6 Å². The molecule has 0 radical (unpaired) electrons. The molecule has 13 heavy (non-hydrogen) atoms. The summed E-state index contributed by atoms with van der Waals surface area (Å²) in [5, 5.41) is 0. The van der Waals surface area contributed by atoms with Crippen LogP contribution in [-0.2, 0) is 9.13 Å². The second kappa shape index (κ2) is 14.1. The van der Waals surface area contributed by atoms with E-state index in [1.807, 2.05) is 0 Å². The van der Waals surface area contributed by atoms with Crippen molar-refractivity contribution in [2.45, 2.75) is 0 Å². The molecule has 0 unspecified atom stereocenters. The largest absolute Gasteiger partial charge is 3.00 e. The first-order valence-corrected chi connectivity index (χ1v) is 4.38. The molecule has 0 N–H and O–H groups in total. The summed E-state index contributed by atoms with van der Waals surface area (Å²) in [6, 6.07) is 0.